The average molecular weight is 529 g/mol. The molecule has 0 saturated carbocycles. The van der Waals surface area contributed by atoms with E-state index in [-0.39, 0.29) is 5.82 Å². The summed E-state index contributed by atoms with van der Waals surface area (Å²) in [6, 6.07) is 17.9. The summed E-state index contributed by atoms with van der Waals surface area (Å²) in [5.74, 6) is 1.15. The van der Waals surface area contributed by atoms with Crippen molar-refractivity contribution >= 4 is 45.0 Å². The zero-order valence-electron chi connectivity index (χ0n) is 16.8. The van der Waals surface area contributed by atoms with Crippen molar-refractivity contribution < 1.29 is 14.2 Å². The summed E-state index contributed by atoms with van der Waals surface area (Å²) in [6.07, 6.45) is 0.945. The molecular formula is C24H21FIN3O2. The molecule has 1 atom stereocenters. The zero-order valence-corrected chi connectivity index (χ0v) is 19.0. The second kappa shape index (κ2) is 9.57. The zero-order chi connectivity index (χ0) is 21.8. The molecule has 4 aromatic rings. The number of fused-ring (bicyclic) bond motifs is 1. The molecule has 0 amide bonds. The van der Waals surface area contributed by atoms with Gasteiger partial charge >= 0.3 is 0 Å². The van der Waals surface area contributed by atoms with Crippen molar-refractivity contribution in [2.24, 2.45) is 0 Å². The van der Waals surface area contributed by atoms with E-state index in [1.54, 1.807) is 13.0 Å². The quantitative estimate of drug-likeness (QED) is 0.225. The predicted octanol–water partition coefficient (Wildman–Crippen LogP) is 6.08. The summed E-state index contributed by atoms with van der Waals surface area (Å²) < 4.78 is 20.1. The number of aliphatic hydroxyl groups excluding tert-OH is 1. The Balaban J connectivity index is 1.57. The number of hydrogen-bond donors (Lipinski definition) is 2. The molecule has 158 valence electrons. The third-order valence-corrected chi connectivity index (χ3v) is 5.71. The van der Waals surface area contributed by atoms with Crippen LogP contribution in [0.2, 0.25) is 0 Å². The highest BCUT2D eigenvalue weighted by Crippen LogP contribution is 2.30. The van der Waals surface area contributed by atoms with Gasteiger partial charge < -0.3 is 15.2 Å². The molecule has 0 fully saturated rings. The fraction of sp³-hybridized carbons (Fsp3) is 0.167. The second-order valence-corrected chi connectivity index (χ2v) is 7.94. The van der Waals surface area contributed by atoms with Crippen LogP contribution in [0, 0.1) is 5.82 Å². The summed E-state index contributed by atoms with van der Waals surface area (Å²) in [6.45, 7) is 2.03. The molecule has 0 radical (unpaired) electrons. The third kappa shape index (κ3) is 5.11. The van der Waals surface area contributed by atoms with Gasteiger partial charge in [0.1, 0.15) is 30.3 Å². The normalized spacial score (nSPS) is 12.0. The van der Waals surface area contributed by atoms with E-state index < -0.39 is 6.10 Å². The van der Waals surface area contributed by atoms with Crippen LogP contribution < -0.4 is 10.1 Å². The molecule has 1 unspecified atom stereocenters. The maximum absolute atomic E-state index is 13.4. The molecule has 4 rings (SSSR count). The van der Waals surface area contributed by atoms with Crippen LogP contribution in [0.25, 0.3) is 10.9 Å². The van der Waals surface area contributed by atoms with Crippen molar-refractivity contribution in [1.29, 1.82) is 0 Å². The number of hydrogen-bond acceptors (Lipinski definition) is 5. The lowest BCUT2D eigenvalue weighted by atomic mass is 10.1. The highest BCUT2D eigenvalue weighted by atomic mass is 127. The van der Waals surface area contributed by atoms with Crippen molar-refractivity contribution in [3.8, 4) is 5.75 Å². The number of aromatic nitrogens is 2. The minimum absolute atomic E-state index is 0.273. The summed E-state index contributed by atoms with van der Waals surface area (Å²) in [5.41, 5.74) is 4.27. The number of nitrogens with one attached hydrogen (secondary N) is 1. The number of anilines is 2. The lowest BCUT2D eigenvalue weighted by molar-refractivity contribution is 0.199. The molecular weight excluding hydrogens is 508 g/mol. The Kier molecular flexibility index (Phi) is 6.62. The summed E-state index contributed by atoms with van der Waals surface area (Å²) >= 11 is 2.29. The first-order chi connectivity index (χ1) is 15.0. The van der Waals surface area contributed by atoms with Gasteiger partial charge in [-0.05, 0) is 60.5 Å². The fourth-order valence-electron chi connectivity index (χ4n) is 3.26. The fourth-order valence-corrected chi connectivity index (χ4v) is 3.86. The van der Waals surface area contributed by atoms with E-state index in [0.29, 0.717) is 12.4 Å². The first kappa shape index (κ1) is 21.5. The molecule has 0 spiro atoms. The second-order valence-electron chi connectivity index (χ2n) is 7.17. The molecule has 0 aliphatic rings. The minimum Gasteiger partial charge on any atom is -0.489 e. The van der Waals surface area contributed by atoms with Gasteiger partial charge in [0.25, 0.3) is 0 Å². The number of rotatable bonds is 7. The van der Waals surface area contributed by atoms with Crippen LogP contribution in [0.3, 0.4) is 0 Å². The van der Waals surface area contributed by atoms with E-state index in [1.807, 2.05) is 42.5 Å². The summed E-state index contributed by atoms with van der Waals surface area (Å²) in [7, 11) is 0. The van der Waals surface area contributed by atoms with E-state index in [9.17, 15) is 9.50 Å². The van der Waals surface area contributed by atoms with Crippen molar-refractivity contribution in [3.63, 3.8) is 0 Å². The maximum atomic E-state index is 13.4. The van der Waals surface area contributed by atoms with Crippen molar-refractivity contribution in [3.05, 3.63) is 89.5 Å². The van der Waals surface area contributed by atoms with Gasteiger partial charge in [-0.25, -0.2) is 14.4 Å². The largest absolute Gasteiger partial charge is 0.489 e. The molecule has 5 nitrogen and oxygen atoms in total. The number of alkyl halides is 1. The smallest absolute Gasteiger partial charge is 0.141 e. The highest BCUT2D eigenvalue weighted by molar-refractivity contribution is 14.1. The van der Waals surface area contributed by atoms with Crippen LogP contribution in [0.15, 0.2) is 67.0 Å². The van der Waals surface area contributed by atoms with E-state index >= 15 is 0 Å². The number of ether oxygens (including phenoxy) is 1. The molecule has 7 heteroatoms. The van der Waals surface area contributed by atoms with Gasteiger partial charge in [-0.15, -0.1) is 0 Å². The van der Waals surface area contributed by atoms with E-state index in [1.165, 1.54) is 18.5 Å². The molecule has 2 N–H and O–H groups in total. The van der Waals surface area contributed by atoms with Gasteiger partial charge in [0.15, 0.2) is 0 Å². The molecule has 3 aromatic carbocycles. The van der Waals surface area contributed by atoms with Crippen LogP contribution in [0.5, 0.6) is 5.75 Å². The number of aliphatic hydroxyl groups is 1. The standard InChI is InChI=1S/C24H21FIN3O2/c1-15(30)17-5-7-22-21(11-17)24(28-14-27-22)29-20-6-8-23(18(10-20)12-26)31-13-16-3-2-4-19(25)9-16/h2-11,14-15,30H,12-13H2,1H3,(H,27,28,29). The third-order valence-electron chi connectivity index (χ3n) is 4.89. The lowest BCUT2D eigenvalue weighted by Crippen LogP contribution is -2.01. The molecule has 0 aliphatic heterocycles. The van der Waals surface area contributed by atoms with Crippen molar-refractivity contribution in [2.45, 2.75) is 24.1 Å². The summed E-state index contributed by atoms with van der Waals surface area (Å²) in [4.78, 5) is 8.70. The topological polar surface area (TPSA) is 67.3 Å². The number of halogens is 2. The van der Waals surface area contributed by atoms with E-state index in [2.05, 4.69) is 37.9 Å². The SMILES string of the molecule is CC(O)c1ccc2ncnc(Nc3ccc(OCc4cccc(F)c4)c(CI)c3)c2c1. The van der Waals surface area contributed by atoms with Crippen LogP contribution >= 0.6 is 22.6 Å². The molecule has 0 aliphatic carbocycles. The Hall–Kier alpha value is -2.78. The predicted molar refractivity (Wildman–Crippen MR) is 128 cm³/mol. The average Bonchev–Trinajstić information content (AvgIpc) is 2.78. The molecule has 1 heterocycles. The van der Waals surface area contributed by atoms with Crippen molar-refractivity contribution in [2.75, 3.05) is 5.32 Å². The first-order valence-corrected chi connectivity index (χ1v) is 11.3. The lowest BCUT2D eigenvalue weighted by Gasteiger charge is -2.14. The van der Waals surface area contributed by atoms with Gasteiger partial charge in [0.2, 0.25) is 0 Å². The summed E-state index contributed by atoms with van der Waals surface area (Å²) in [5, 5.41) is 14.1. The van der Waals surface area contributed by atoms with E-state index in [0.717, 1.165) is 43.5 Å². The van der Waals surface area contributed by atoms with Crippen LogP contribution in [-0.2, 0) is 11.0 Å². The first-order valence-electron chi connectivity index (χ1n) is 9.79. The molecule has 0 saturated heterocycles. The van der Waals surface area contributed by atoms with Gasteiger partial charge in [0.05, 0.1) is 11.6 Å². The van der Waals surface area contributed by atoms with Crippen LogP contribution in [0.1, 0.15) is 29.7 Å². The monoisotopic (exact) mass is 529 g/mol. The van der Waals surface area contributed by atoms with Gasteiger partial charge in [-0.3, -0.25) is 0 Å². The Morgan fingerprint density at radius 3 is 2.74 bits per heavy atom. The Morgan fingerprint density at radius 2 is 1.97 bits per heavy atom. The molecule has 31 heavy (non-hydrogen) atoms. The highest BCUT2D eigenvalue weighted by Gasteiger charge is 2.10. The van der Waals surface area contributed by atoms with Gasteiger partial charge in [-0.1, -0.05) is 40.8 Å². The number of nitrogens with zero attached hydrogens (tertiary/aromatic N) is 2. The van der Waals surface area contributed by atoms with Crippen LogP contribution in [-0.4, -0.2) is 15.1 Å². The minimum atomic E-state index is -0.572. The number of benzene rings is 3. The van der Waals surface area contributed by atoms with Crippen LogP contribution in [0.4, 0.5) is 15.9 Å². The molecule has 0 bridgehead atoms. The van der Waals surface area contributed by atoms with Crippen molar-refractivity contribution in [1.82, 2.24) is 9.97 Å². The Labute approximate surface area is 193 Å². The van der Waals surface area contributed by atoms with Gasteiger partial charge in [-0.2, -0.15) is 0 Å². The van der Waals surface area contributed by atoms with Gasteiger partial charge in [0, 0.05) is 21.1 Å². The Morgan fingerprint density at radius 1 is 1.10 bits per heavy atom. The molecule has 1 aromatic heterocycles. The maximum Gasteiger partial charge on any atom is 0.141 e. The Bertz CT molecular complexity index is 1220. The van der Waals surface area contributed by atoms with E-state index in [4.69, 9.17) is 4.74 Å².